The Balaban J connectivity index is 2.95. The van der Waals surface area contributed by atoms with Crippen LogP contribution in [0.15, 0.2) is 24.3 Å². The molecule has 1 aromatic rings. The van der Waals surface area contributed by atoms with Gasteiger partial charge in [0.25, 0.3) is 0 Å². The summed E-state index contributed by atoms with van der Waals surface area (Å²) >= 11 is 0. The molecule has 19 heavy (non-hydrogen) atoms. The van der Waals surface area contributed by atoms with Crippen LogP contribution in [-0.2, 0) is 0 Å². The molecule has 0 unspecified atom stereocenters. The summed E-state index contributed by atoms with van der Waals surface area (Å²) in [7, 11) is 0. The first kappa shape index (κ1) is 15.7. The lowest BCUT2D eigenvalue weighted by atomic mass is 10.0. The molecule has 0 spiro atoms. The van der Waals surface area contributed by atoms with E-state index in [0.29, 0.717) is 6.42 Å². The Labute approximate surface area is 117 Å². The molecule has 1 rings (SSSR count). The van der Waals surface area contributed by atoms with Gasteiger partial charge in [0.2, 0.25) is 0 Å². The second-order valence-corrected chi connectivity index (χ2v) is 4.99. The second-order valence-electron chi connectivity index (χ2n) is 4.99. The highest BCUT2D eigenvalue weighted by molar-refractivity contribution is 6.01. The minimum absolute atomic E-state index is 0.244. The van der Waals surface area contributed by atoms with E-state index in [-0.39, 0.29) is 5.78 Å². The quantitative estimate of drug-likeness (QED) is 0.601. The molecule has 0 amide bonds. The Kier molecular flexibility index (Phi) is 7.24. The largest absolute Gasteiger partial charge is 0.371 e. The van der Waals surface area contributed by atoms with Crippen LogP contribution < -0.4 is 4.90 Å². The zero-order valence-corrected chi connectivity index (χ0v) is 12.6. The maximum atomic E-state index is 12.1. The Bertz CT molecular complexity index is 379. The van der Waals surface area contributed by atoms with Gasteiger partial charge in [-0.05, 0) is 25.0 Å². The average molecular weight is 261 g/mol. The summed E-state index contributed by atoms with van der Waals surface area (Å²) in [5.74, 6) is 0.244. The van der Waals surface area contributed by atoms with Gasteiger partial charge >= 0.3 is 0 Å². The molecule has 2 heteroatoms. The van der Waals surface area contributed by atoms with Crippen molar-refractivity contribution >= 4 is 11.5 Å². The normalized spacial score (nSPS) is 10.5. The van der Waals surface area contributed by atoms with Crippen LogP contribution in [0.5, 0.6) is 0 Å². The van der Waals surface area contributed by atoms with Crippen molar-refractivity contribution in [2.24, 2.45) is 0 Å². The maximum absolute atomic E-state index is 12.1. The number of ketones is 1. The molecule has 0 atom stereocenters. The number of hydrogen-bond acceptors (Lipinski definition) is 2. The van der Waals surface area contributed by atoms with Crippen LogP contribution >= 0.6 is 0 Å². The fourth-order valence-electron chi connectivity index (χ4n) is 2.23. The molecule has 0 fully saturated rings. The van der Waals surface area contributed by atoms with Gasteiger partial charge in [-0.15, -0.1) is 0 Å². The molecule has 0 aliphatic carbocycles. The first-order valence-electron chi connectivity index (χ1n) is 7.61. The Hall–Kier alpha value is -1.31. The lowest BCUT2D eigenvalue weighted by molar-refractivity contribution is 0.0988. The van der Waals surface area contributed by atoms with Gasteiger partial charge in [-0.2, -0.15) is 0 Å². The highest BCUT2D eigenvalue weighted by Gasteiger charge is 2.14. The number of anilines is 1. The van der Waals surface area contributed by atoms with E-state index in [0.717, 1.165) is 24.3 Å². The van der Waals surface area contributed by atoms with Gasteiger partial charge in [0.05, 0.1) is 0 Å². The summed E-state index contributed by atoms with van der Waals surface area (Å²) in [6.45, 7) is 8.44. The zero-order chi connectivity index (χ0) is 14.1. The lowest BCUT2D eigenvalue weighted by Crippen LogP contribution is -2.27. The van der Waals surface area contributed by atoms with Crippen molar-refractivity contribution < 1.29 is 4.79 Å². The third-order valence-electron chi connectivity index (χ3n) is 3.43. The minimum atomic E-state index is 0.244. The number of nitrogens with zero attached hydrogens (tertiary/aromatic N) is 1. The smallest absolute Gasteiger partial charge is 0.164 e. The number of unbranched alkanes of at least 4 members (excludes halogenated alkanes) is 2. The third-order valence-corrected chi connectivity index (χ3v) is 3.43. The fraction of sp³-hybridized carbons (Fsp3) is 0.588. The van der Waals surface area contributed by atoms with Gasteiger partial charge in [0, 0.05) is 30.8 Å². The van der Waals surface area contributed by atoms with Gasteiger partial charge in [-0.25, -0.2) is 0 Å². The molecule has 0 heterocycles. The first-order chi connectivity index (χ1) is 9.24. The monoisotopic (exact) mass is 261 g/mol. The van der Waals surface area contributed by atoms with Crippen molar-refractivity contribution in [2.75, 3.05) is 18.0 Å². The van der Waals surface area contributed by atoms with E-state index >= 15 is 0 Å². The molecular weight excluding hydrogens is 234 g/mol. The lowest BCUT2D eigenvalue weighted by Gasteiger charge is -2.26. The van der Waals surface area contributed by atoms with Crippen LogP contribution in [0.2, 0.25) is 0 Å². The molecule has 0 aliphatic heterocycles. The molecule has 0 bridgehead atoms. The van der Waals surface area contributed by atoms with Crippen LogP contribution in [0.25, 0.3) is 0 Å². The van der Waals surface area contributed by atoms with E-state index in [9.17, 15) is 4.79 Å². The first-order valence-corrected chi connectivity index (χ1v) is 7.61. The molecule has 0 aliphatic rings. The highest BCUT2D eigenvalue weighted by atomic mass is 16.1. The van der Waals surface area contributed by atoms with Gasteiger partial charge < -0.3 is 4.90 Å². The molecule has 106 valence electrons. The van der Waals surface area contributed by atoms with Crippen molar-refractivity contribution in [1.82, 2.24) is 0 Å². The minimum Gasteiger partial charge on any atom is -0.371 e. The zero-order valence-electron chi connectivity index (χ0n) is 12.6. The van der Waals surface area contributed by atoms with Crippen LogP contribution in [0.4, 0.5) is 5.69 Å². The van der Waals surface area contributed by atoms with Crippen molar-refractivity contribution in [2.45, 2.75) is 52.9 Å². The molecular formula is C17H27NO. The number of carbonyl (C=O) groups excluding carboxylic acids is 1. The van der Waals surface area contributed by atoms with E-state index in [1.807, 2.05) is 25.1 Å². The Morgan fingerprint density at radius 3 is 2.11 bits per heavy atom. The summed E-state index contributed by atoms with van der Waals surface area (Å²) in [5, 5.41) is 0. The van der Waals surface area contributed by atoms with Crippen molar-refractivity contribution in [3.8, 4) is 0 Å². The summed E-state index contributed by atoms with van der Waals surface area (Å²) in [6, 6.07) is 8.05. The average Bonchev–Trinajstić information content (AvgIpc) is 2.47. The summed E-state index contributed by atoms with van der Waals surface area (Å²) in [4.78, 5) is 14.4. The topological polar surface area (TPSA) is 20.3 Å². The van der Waals surface area contributed by atoms with Gasteiger partial charge in [-0.3, -0.25) is 4.79 Å². The number of hydrogen-bond donors (Lipinski definition) is 0. The number of carbonyl (C=O) groups is 1. The van der Waals surface area contributed by atoms with Gasteiger partial charge in [-0.1, -0.05) is 45.7 Å². The molecule has 2 nitrogen and oxygen atoms in total. The predicted octanol–water partition coefficient (Wildman–Crippen LogP) is 4.69. The standard InChI is InChI=1S/C17H27NO/c1-4-7-13-18(14-8-5-2)16-12-10-9-11-15(16)17(19)6-3/h9-12H,4-8,13-14H2,1-3H3. The van der Waals surface area contributed by atoms with Crippen LogP contribution in [0.3, 0.4) is 0 Å². The fourth-order valence-corrected chi connectivity index (χ4v) is 2.23. The third kappa shape index (κ3) is 4.70. The van der Waals surface area contributed by atoms with Crippen molar-refractivity contribution in [3.63, 3.8) is 0 Å². The van der Waals surface area contributed by atoms with E-state index in [2.05, 4.69) is 24.8 Å². The molecule has 0 aromatic heterocycles. The Morgan fingerprint density at radius 2 is 1.58 bits per heavy atom. The van der Waals surface area contributed by atoms with E-state index in [4.69, 9.17) is 0 Å². The number of para-hydroxylation sites is 1. The predicted molar refractivity (Wildman–Crippen MR) is 83.1 cm³/mol. The number of rotatable bonds is 9. The Morgan fingerprint density at radius 1 is 1.00 bits per heavy atom. The summed E-state index contributed by atoms with van der Waals surface area (Å²) in [5.41, 5.74) is 2.01. The molecule has 0 saturated heterocycles. The molecule has 0 saturated carbocycles. The summed E-state index contributed by atoms with van der Waals surface area (Å²) < 4.78 is 0. The van der Waals surface area contributed by atoms with Crippen LogP contribution in [0, 0.1) is 0 Å². The van der Waals surface area contributed by atoms with Crippen molar-refractivity contribution in [1.29, 1.82) is 0 Å². The molecule has 0 N–H and O–H groups in total. The van der Waals surface area contributed by atoms with Crippen LogP contribution in [0.1, 0.15) is 63.2 Å². The van der Waals surface area contributed by atoms with Gasteiger partial charge in [0.15, 0.2) is 5.78 Å². The maximum Gasteiger partial charge on any atom is 0.164 e. The SMILES string of the molecule is CCCCN(CCCC)c1ccccc1C(=O)CC. The second kappa shape index (κ2) is 8.73. The van der Waals surface area contributed by atoms with Crippen molar-refractivity contribution in [3.05, 3.63) is 29.8 Å². The molecule has 0 radical (unpaired) electrons. The van der Waals surface area contributed by atoms with Crippen LogP contribution in [-0.4, -0.2) is 18.9 Å². The van der Waals surface area contributed by atoms with Gasteiger partial charge in [0.1, 0.15) is 0 Å². The van der Waals surface area contributed by atoms with E-state index in [1.54, 1.807) is 0 Å². The van der Waals surface area contributed by atoms with E-state index in [1.165, 1.54) is 25.7 Å². The number of Topliss-reactive ketones (excluding diaryl/α,β-unsaturated/α-hetero) is 1. The highest BCUT2D eigenvalue weighted by Crippen LogP contribution is 2.23. The number of benzene rings is 1. The summed E-state index contributed by atoms with van der Waals surface area (Å²) in [6.07, 6.45) is 5.31. The molecule has 1 aromatic carbocycles. The van der Waals surface area contributed by atoms with E-state index < -0.39 is 0 Å².